The highest BCUT2D eigenvalue weighted by Crippen LogP contribution is 2.27. The summed E-state index contributed by atoms with van der Waals surface area (Å²) in [5.41, 5.74) is 3.13. The quantitative estimate of drug-likeness (QED) is 0.520. The van der Waals surface area contributed by atoms with E-state index in [0.29, 0.717) is 31.0 Å². The number of hydrogen-bond donors (Lipinski definition) is 1. The van der Waals surface area contributed by atoms with Crippen LogP contribution in [-0.4, -0.2) is 33.2 Å². The fourth-order valence-electron chi connectivity index (χ4n) is 2.90. The average Bonchev–Trinajstić information content (AvgIpc) is 2.74. The molecule has 0 aliphatic heterocycles. The molecule has 0 atom stereocenters. The van der Waals surface area contributed by atoms with Crippen LogP contribution in [-0.2, 0) is 11.2 Å². The largest absolute Gasteiger partial charge is 0.493 e. The van der Waals surface area contributed by atoms with Gasteiger partial charge in [0.15, 0.2) is 11.5 Å². The molecule has 6 nitrogen and oxygen atoms in total. The molecule has 2 rings (SSSR count). The predicted octanol–water partition coefficient (Wildman–Crippen LogP) is 3.60. The average molecular weight is 393 g/mol. The minimum Gasteiger partial charge on any atom is -0.493 e. The first-order valence-electron chi connectivity index (χ1n) is 9.46. The fourth-order valence-corrected chi connectivity index (χ4v) is 2.90. The Morgan fingerprint density at radius 2 is 1.93 bits per heavy atom. The van der Waals surface area contributed by atoms with E-state index in [1.165, 1.54) is 0 Å². The van der Waals surface area contributed by atoms with Crippen molar-refractivity contribution in [3.05, 3.63) is 65.4 Å². The van der Waals surface area contributed by atoms with Crippen LogP contribution < -0.4 is 19.7 Å². The zero-order valence-electron chi connectivity index (χ0n) is 17.4. The summed E-state index contributed by atoms with van der Waals surface area (Å²) in [7, 11) is 3.17. The molecule has 2 aromatic rings. The Balaban J connectivity index is 2.02. The number of carbonyl (C=O) groups is 1. The molecule has 0 fully saturated rings. The molecule has 2 aromatic carbocycles. The van der Waals surface area contributed by atoms with Crippen molar-refractivity contribution in [2.75, 3.05) is 32.2 Å². The van der Waals surface area contributed by atoms with E-state index in [4.69, 9.17) is 9.47 Å². The maximum atomic E-state index is 12.5. The van der Waals surface area contributed by atoms with E-state index in [9.17, 15) is 10.1 Å². The van der Waals surface area contributed by atoms with Crippen LogP contribution in [0, 0.1) is 18.3 Å². The topological polar surface area (TPSA) is 74.6 Å². The minimum atomic E-state index is -0.390. The summed E-state index contributed by atoms with van der Waals surface area (Å²) < 4.78 is 10.5. The normalized spacial score (nSPS) is 10.8. The second kappa shape index (κ2) is 10.8. The van der Waals surface area contributed by atoms with E-state index < -0.39 is 0 Å². The molecule has 6 heteroatoms. The highest BCUT2D eigenvalue weighted by atomic mass is 16.5. The standard InChI is InChI=1S/C23H27N3O3/c1-5-26(20-8-6-7-17(2)13-20)16-19(15-24)23(27)25-12-11-18-9-10-21(28-3)22(14-18)29-4/h6-10,13-14,16H,5,11-12H2,1-4H3,(H,25,27)/b19-16-. The maximum absolute atomic E-state index is 12.5. The van der Waals surface area contributed by atoms with Crippen molar-refractivity contribution in [3.8, 4) is 17.6 Å². The van der Waals surface area contributed by atoms with E-state index in [0.717, 1.165) is 16.8 Å². The van der Waals surface area contributed by atoms with E-state index >= 15 is 0 Å². The summed E-state index contributed by atoms with van der Waals surface area (Å²) in [6.07, 6.45) is 2.21. The monoisotopic (exact) mass is 393 g/mol. The van der Waals surface area contributed by atoms with Gasteiger partial charge in [0.2, 0.25) is 0 Å². The second-order valence-corrected chi connectivity index (χ2v) is 6.47. The number of anilines is 1. The predicted molar refractivity (Wildman–Crippen MR) is 114 cm³/mol. The summed E-state index contributed by atoms with van der Waals surface area (Å²) in [5.74, 6) is 0.913. The van der Waals surface area contributed by atoms with E-state index in [1.54, 1.807) is 20.4 Å². The summed E-state index contributed by atoms with van der Waals surface area (Å²) in [5, 5.41) is 12.3. The number of rotatable bonds is 9. The second-order valence-electron chi connectivity index (χ2n) is 6.47. The molecule has 0 saturated heterocycles. The lowest BCUT2D eigenvalue weighted by Crippen LogP contribution is -2.28. The number of aryl methyl sites for hydroxylation is 1. The minimum absolute atomic E-state index is 0.0701. The summed E-state index contributed by atoms with van der Waals surface area (Å²) >= 11 is 0. The van der Waals surface area contributed by atoms with E-state index in [1.807, 2.05) is 67.3 Å². The fraction of sp³-hybridized carbons (Fsp3) is 0.304. The molecule has 0 unspecified atom stereocenters. The molecule has 29 heavy (non-hydrogen) atoms. The van der Waals surface area contributed by atoms with Gasteiger partial charge in [-0.3, -0.25) is 4.79 Å². The molecule has 1 N–H and O–H groups in total. The lowest BCUT2D eigenvalue weighted by Gasteiger charge is -2.19. The van der Waals surface area contributed by atoms with Crippen LogP contribution in [0.2, 0.25) is 0 Å². The van der Waals surface area contributed by atoms with Crippen molar-refractivity contribution in [2.24, 2.45) is 0 Å². The maximum Gasteiger partial charge on any atom is 0.263 e. The van der Waals surface area contributed by atoms with Gasteiger partial charge in [0.25, 0.3) is 5.91 Å². The molecule has 0 saturated carbocycles. The number of nitrogens with zero attached hydrogens (tertiary/aromatic N) is 2. The van der Waals surface area contributed by atoms with Gasteiger partial charge in [-0.2, -0.15) is 5.26 Å². The van der Waals surface area contributed by atoms with Crippen molar-refractivity contribution in [1.29, 1.82) is 5.26 Å². The van der Waals surface area contributed by atoms with Crippen LogP contribution in [0.4, 0.5) is 5.69 Å². The van der Waals surface area contributed by atoms with Gasteiger partial charge in [0, 0.05) is 25.0 Å². The van der Waals surface area contributed by atoms with Crippen molar-refractivity contribution >= 4 is 11.6 Å². The van der Waals surface area contributed by atoms with Crippen LogP contribution in [0.3, 0.4) is 0 Å². The number of methoxy groups -OCH3 is 2. The Bertz CT molecular complexity index is 916. The van der Waals surface area contributed by atoms with Crippen molar-refractivity contribution in [1.82, 2.24) is 5.32 Å². The van der Waals surface area contributed by atoms with Gasteiger partial charge in [0.1, 0.15) is 11.6 Å². The highest BCUT2D eigenvalue weighted by Gasteiger charge is 2.12. The lowest BCUT2D eigenvalue weighted by molar-refractivity contribution is -0.117. The summed E-state index contributed by atoms with van der Waals surface area (Å²) in [6.45, 7) is 5.04. The molecule has 0 aliphatic carbocycles. The first-order valence-corrected chi connectivity index (χ1v) is 9.46. The van der Waals surface area contributed by atoms with Crippen LogP contribution in [0.1, 0.15) is 18.1 Å². The zero-order valence-corrected chi connectivity index (χ0v) is 17.4. The smallest absolute Gasteiger partial charge is 0.263 e. The van der Waals surface area contributed by atoms with Crippen molar-refractivity contribution in [3.63, 3.8) is 0 Å². The number of hydrogen-bond acceptors (Lipinski definition) is 5. The van der Waals surface area contributed by atoms with Gasteiger partial charge in [-0.05, 0) is 55.7 Å². The van der Waals surface area contributed by atoms with E-state index in [2.05, 4.69) is 5.32 Å². The molecular weight excluding hydrogens is 366 g/mol. The lowest BCUT2D eigenvalue weighted by atomic mass is 10.1. The number of benzene rings is 2. The van der Waals surface area contributed by atoms with Gasteiger partial charge in [-0.1, -0.05) is 18.2 Å². The summed E-state index contributed by atoms with van der Waals surface area (Å²) in [4.78, 5) is 14.4. The number of ether oxygens (including phenoxy) is 2. The van der Waals surface area contributed by atoms with Crippen LogP contribution >= 0.6 is 0 Å². The van der Waals surface area contributed by atoms with Gasteiger partial charge < -0.3 is 19.7 Å². The van der Waals surface area contributed by atoms with Gasteiger partial charge in [-0.15, -0.1) is 0 Å². The van der Waals surface area contributed by atoms with Gasteiger partial charge in [0.05, 0.1) is 14.2 Å². The van der Waals surface area contributed by atoms with Gasteiger partial charge >= 0.3 is 0 Å². The number of nitriles is 1. The van der Waals surface area contributed by atoms with Crippen LogP contribution in [0.5, 0.6) is 11.5 Å². The van der Waals surface area contributed by atoms with E-state index in [-0.39, 0.29) is 11.5 Å². The Morgan fingerprint density at radius 1 is 1.17 bits per heavy atom. The Labute approximate surface area is 172 Å². The van der Waals surface area contributed by atoms with Crippen LogP contribution in [0.25, 0.3) is 0 Å². The summed E-state index contributed by atoms with van der Waals surface area (Å²) in [6, 6.07) is 15.6. The number of carbonyl (C=O) groups excluding carboxylic acids is 1. The first kappa shape index (κ1) is 21.8. The van der Waals surface area contributed by atoms with Crippen LogP contribution in [0.15, 0.2) is 54.2 Å². The van der Waals surface area contributed by atoms with Crippen molar-refractivity contribution in [2.45, 2.75) is 20.3 Å². The SMILES string of the molecule is CCN(/C=C(/C#N)C(=O)NCCc1ccc(OC)c(OC)c1)c1cccc(C)c1. The third kappa shape index (κ3) is 6.01. The third-order valence-corrected chi connectivity index (χ3v) is 4.47. The highest BCUT2D eigenvalue weighted by molar-refractivity contribution is 5.97. The molecule has 0 spiro atoms. The van der Waals surface area contributed by atoms with Crippen molar-refractivity contribution < 1.29 is 14.3 Å². The Kier molecular flexibility index (Phi) is 8.11. The Morgan fingerprint density at radius 3 is 2.55 bits per heavy atom. The number of amides is 1. The molecule has 0 bridgehead atoms. The molecule has 152 valence electrons. The van der Waals surface area contributed by atoms with Gasteiger partial charge in [-0.25, -0.2) is 0 Å². The third-order valence-electron chi connectivity index (χ3n) is 4.47. The molecule has 0 aliphatic rings. The molecule has 1 amide bonds. The number of nitrogens with one attached hydrogen (secondary N) is 1. The molecule has 0 heterocycles. The zero-order chi connectivity index (χ0) is 21.2. The molecular formula is C23H27N3O3. The molecule has 0 radical (unpaired) electrons. The Hall–Kier alpha value is -3.46. The first-order chi connectivity index (χ1) is 14.0. The molecule has 0 aromatic heterocycles.